The van der Waals surface area contributed by atoms with E-state index in [9.17, 15) is 14.4 Å². The van der Waals surface area contributed by atoms with Crippen molar-refractivity contribution >= 4 is 23.5 Å². The summed E-state index contributed by atoms with van der Waals surface area (Å²) in [4.78, 5) is 39.1. The fraction of sp³-hybridized carbons (Fsp3) is 0.348. The summed E-state index contributed by atoms with van der Waals surface area (Å²) in [6.07, 6.45) is 5.69. The van der Waals surface area contributed by atoms with Gasteiger partial charge in [0.15, 0.2) is 0 Å². The van der Waals surface area contributed by atoms with Crippen LogP contribution >= 0.6 is 0 Å². The van der Waals surface area contributed by atoms with Gasteiger partial charge in [-0.2, -0.15) is 0 Å². The number of carbonyl (C=O) groups is 3. The van der Waals surface area contributed by atoms with Crippen LogP contribution in [0.15, 0.2) is 42.5 Å². The third-order valence-corrected chi connectivity index (χ3v) is 5.66. The minimum Gasteiger partial charge on any atom is -0.426 e. The lowest BCUT2D eigenvalue weighted by Gasteiger charge is -2.29. The molecule has 0 radical (unpaired) electrons. The van der Waals surface area contributed by atoms with Gasteiger partial charge in [0.1, 0.15) is 5.75 Å². The first-order chi connectivity index (χ1) is 14.0. The van der Waals surface area contributed by atoms with E-state index in [-0.39, 0.29) is 36.0 Å². The predicted octanol–water partition coefficient (Wildman–Crippen LogP) is 3.74. The number of esters is 1. The van der Waals surface area contributed by atoms with Gasteiger partial charge in [-0.05, 0) is 55.2 Å². The molecule has 1 aliphatic carbocycles. The summed E-state index contributed by atoms with van der Waals surface area (Å²) >= 11 is 0. The Balaban J connectivity index is 1.41. The number of ether oxygens (including phenoxy) is 1. The van der Waals surface area contributed by atoms with E-state index in [1.807, 2.05) is 12.1 Å². The third kappa shape index (κ3) is 4.01. The van der Waals surface area contributed by atoms with Crippen molar-refractivity contribution in [1.29, 1.82) is 0 Å². The second-order valence-electron chi connectivity index (χ2n) is 7.70. The topological polar surface area (TPSA) is 89.7 Å². The van der Waals surface area contributed by atoms with Gasteiger partial charge in [-0.1, -0.05) is 31.4 Å². The average Bonchev–Trinajstić information content (AvgIpc) is 2.98. The first kappa shape index (κ1) is 19.2. The van der Waals surface area contributed by atoms with Crippen LogP contribution in [0.3, 0.4) is 0 Å². The quantitative estimate of drug-likeness (QED) is 0.362. The van der Waals surface area contributed by atoms with Gasteiger partial charge in [0.05, 0.1) is 11.1 Å². The van der Waals surface area contributed by atoms with Crippen molar-refractivity contribution in [3.8, 4) is 5.75 Å². The molecule has 1 fully saturated rings. The lowest BCUT2D eigenvalue weighted by atomic mass is 9.94. The Morgan fingerprint density at radius 3 is 2.38 bits per heavy atom. The van der Waals surface area contributed by atoms with E-state index in [2.05, 4.69) is 0 Å². The highest BCUT2D eigenvalue weighted by Crippen LogP contribution is 2.32. The summed E-state index contributed by atoms with van der Waals surface area (Å²) in [7, 11) is 0. The Kier molecular flexibility index (Phi) is 5.34. The standard InChI is InChI=1S/C23H24N2O4/c24-16-9-6-15(7-10-16)8-13-21(26)29-18-11-12-19-20(14-18)23(28)25(22(19)27)17-4-2-1-3-5-17/h6-7,9-12,14,17H,1-5,8,13,24H2. The molecule has 0 aromatic heterocycles. The number of hydrogen-bond acceptors (Lipinski definition) is 5. The number of fused-ring (bicyclic) bond motifs is 1. The van der Waals surface area contributed by atoms with Crippen LogP contribution in [0.1, 0.15) is 64.8 Å². The molecule has 0 saturated heterocycles. The molecule has 2 aromatic rings. The highest BCUT2D eigenvalue weighted by molar-refractivity contribution is 6.21. The van der Waals surface area contributed by atoms with E-state index in [1.54, 1.807) is 24.3 Å². The fourth-order valence-electron chi connectivity index (χ4n) is 4.09. The summed E-state index contributed by atoms with van der Waals surface area (Å²) in [5, 5.41) is 0. The maximum absolute atomic E-state index is 12.8. The molecule has 1 heterocycles. The number of carbonyl (C=O) groups excluding carboxylic acids is 3. The molecule has 2 N–H and O–H groups in total. The van der Waals surface area contributed by atoms with Crippen molar-refractivity contribution < 1.29 is 19.1 Å². The van der Waals surface area contributed by atoms with Crippen molar-refractivity contribution in [2.75, 3.05) is 5.73 Å². The zero-order valence-electron chi connectivity index (χ0n) is 16.2. The average molecular weight is 392 g/mol. The molecule has 6 nitrogen and oxygen atoms in total. The number of benzene rings is 2. The summed E-state index contributed by atoms with van der Waals surface area (Å²) in [5.74, 6) is -0.616. The Hall–Kier alpha value is -3.15. The zero-order valence-corrected chi connectivity index (χ0v) is 16.2. The van der Waals surface area contributed by atoms with E-state index in [4.69, 9.17) is 10.5 Å². The molecule has 0 atom stereocenters. The number of rotatable bonds is 5. The number of anilines is 1. The molecule has 1 saturated carbocycles. The Labute approximate surface area is 169 Å². The Morgan fingerprint density at radius 2 is 1.66 bits per heavy atom. The zero-order chi connectivity index (χ0) is 20.4. The van der Waals surface area contributed by atoms with Gasteiger partial charge < -0.3 is 10.5 Å². The molecule has 2 aromatic carbocycles. The second-order valence-corrected chi connectivity index (χ2v) is 7.70. The van der Waals surface area contributed by atoms with E-state index in [0.29, 0.717) is 23.2 Å². The molecule has 0 bridgehead atoms. The maximum atomic E-state index is 12.8. The summed E-state index contributed by atoms with van der Waals surface area (Å²) < 4.78 is 5.40. The third-order valence-electron chi connectivity index (χ3n) is 5.66. The van der Waals surface area contributed by atoms with Crippen LogP contribution in [0, 0.1) is 0 Å². The van der Waals surface area contributed by atoms with Crippen LogP contribution in [0.2, 0.25) is 0 Å². The number of imide groups is 1. The fourth-order valence-corrected chi connectivity index (χ4v) is 4.09. The van der Waals surface area contributed by atoms with Crippen molar-refractivity contribution in [2.45, 2.75) is 51.0 Å². The van der Waals surface area contributed by atoms with Gasteiger partial charge in [0.25, 0.3) is 11.8 Å². The number of nitrogen functional groups attached to an aromatic ring is 1. The molecule has 1 aliphatic heterocycles. The first-order valence-corrected chi connectivity index (χ1v) is 10.1. The van der Waals surface area contributed by atoms with E-state index >= 15 is 0 Å². The number of hydrogen-bond donors (Lipinski definition) is 1. The van der Waals surface area contributed by atoms with Crippen LogP contribution in [0.4, 0.5) is 5.69 Å². The van der Waals surface area contributed by atoms with E-state index in [1.165, 1.54) is 11.0 Å². The molecule has 6 heteroatoms. The molecule has 0 spiro atoms. The number of amides is 2. The second kappa shape index (κ2) is 8.07. The number of aryl methyl sites for hydroxylation is 1. The van der Waals surface area contributed by atoms with Crippen LogP contribution in [-0.4, -0.2) is 28.7 Å². The number of nitrogens with two attached hydrogens (primary N) is 1. The Morgan fingerprint density at radius 1 is 0.966 bits per heavy atom. The van der Waals surface area contributed by atoms with Crippen molar-refractivity contribution in [3.63, 3.8) is 0 Å². The summed E-state index contributed by atoms with van der Waals surface area (Å²) in [5.41, 5.74) is 8.05. The normalized spacial score (nSPS) is 16.8. The highest BCUT2D eigenvalue weighted by Gasteiger charge is 2.40. The molecule has 2 amide bonds. The van der Waals surface area contributed by atoms with Crippen molar-refractivity contribution in [3.05, 3.63) is 59.2 Å². The lowest BCUT2D eigenvalue weighted by molar-refractivity contribution is -0.134. The summed E-state index contributed by atoms with van der Waals surface area (Å²) in [6, 6.07) is 12.0. The SMILES string of the molecule is Nc1ccc(CCC(=O)Oc2ccc3c(c2)C(=O)N(C2CCCCC2)C3=O)cc1. The van der Waals surface area contributed by atoms with Gasteiger partial charge in [-0.3, -0.25) is 19.3 Å². The van der Waals surface area contributed by atoms with Gasteiger partial charge in [-0.15, -0.1) is 0 Å². The lowest BCUT2D eigenvalue weighted by Crippen LogP contribution is -2.40. The number of nitrogens with zero attached hydrogens (tertiary/aromatic N) is 1. The van der Waals surface area contributed by atoms with Crippen LogP contribution in [0.5, 0.6) is 5.75 Å². The highest BCUT2D eigenvalue weighted by atomic mass is 16.5. The molecular weight excluding hydrogens is 368 g/mol. The van der Waals surface area contributed by atoms with Crippen molar-refractivity contribution in [2.24, 2.45) is 0 Å². The van der Waals surface area contributed by atoms with Gasteiger partial charge >= 0.3 is 5.97 Å². The Bertz CT molecular complexity index is 946. The molecule has 29 heavy (non-hydrogen) atoms. The van der Waals surface area contributed by atoms with Gasteiger partial charge in [-0.25, -0.2) is 0 Å². The first-order valence-electron chi connectivity index (χ1n) is 10.1. The minimum atomic E-state index is -0.386. The molecule has 0 unspecified atom stereocenters. The smallest absolute Gasteiger partial charge is 0.311 e. The molecule has 150 valence electrons. The molecule has 4 rings (SSSR count). The maximum Gasteiger partial charge on any atom is 0.311 e. The van der Waals surface area contributed by atoms with Gasteiger partial charge in [0.2, 0.25) is 0 Å². The van der Waals surface area contributed by atoms with E-state index in [0.717, 1.165) is 37.7 Å². The predicted molar refractivity (Wildman–Crippen MR) is 109 cm³/mol. The monoisotopic (exact) mass is 392 g/mol. The minimum absolute atomic E-state index is 0.0259. The van der Waals surface area contributed by atoms with Crippen molar-refractivity contribution in [1.82, 2.24) is 4.90 Å². The molecule has 2 aliphatic rings. The summed E-state index contributed by atoms with van der Waals surface area (Å²) in [6.45, 7) is 0. The van der Waals surface area contributed by atoms with Gasteiger partial charge in [0, 0.05) is 18.2 Å². The van der Waals surface area contributed by atoms with Crippen LogP contribution < -0.4 is 10.5 Å². The molecular formula is C23H24N2O4. The largest absolute Gasteiger partial charge is 0.426 e. The van der Waals surface area contributed by atoms with E-state index < -0.39 is 0 Å². The van der Waals surface area contributed by atoms with Crippen LogP contribution in [0.25, 0.3) is 0 Å². The van der Waals surface area contributed by atoms with Crippen LogP contribution in [-0.2, 0) is 11.2 Å².